The predicted molar refractivity (Wildman–Crippen MR) is 101 cm³/mol. The summed E-state index contributed by atoms with van der Waals surface area (Å²) in [4.78, 5) is 23.6. The number of carbonyl (C=O) groups excluding carboxylic acids is 2. The highest BCUT2D eigenvalue weighted by Crippen LogP contribution is 2.23. The molecule has 2 N–H and O–H groups in total. The number of rotatable bonds is 6. The molecule has 0 aliphatic carbocycles. The Hall–Kier alpha value is -1.46. The average Bonchev–Trinajstić information content (AvgIpc) is 2.57. The van der Waals surface area contributed by atoms with E-state index in [1.165, 1.54) is 0 Å². The van der Waals surface area contributed by atoms with Crippen molar-refractivity contribution in [3.63, 3.8) is 0 Å². The molecule has 2 aromatic carbocycles. The lowest BCUT2D eigenvalue weighted by Crippen LogP contribution is -2.31. The molecule has 2 amide bonds. The fourth-order valence-corrected chi connectivity index (χ4v) is 2.61. The van der Waals surface area contributed by atoms with Crippen LogP contribution >= 0.6 is 46.4 Å². The number of amides is 2. The number of benzene rings is 2. The van der Waals surface area contributed by atoms with E-state index >= 15 is 0 Å². The number of nitrogens with one attached hydrogen (secondary N) is 2. The molecule has 0 saturated carbocycles. The Balaban J connectivity index is 1.76. The van der Waals surface area contributed by atoms with Gasteiger partial charge in [-0.1, -0.05) is 58.5 Å². The SMILES string of the molecule is O=C(CC(=O)NCc1ccc(Cl)c(Cl)c1)NCc1ccc(Cl)c(Cl)c1. The third-order valence-corrected chi connectivity index (χ3v) is 4.75. The van der Waals surface area contributed by atoms with Gasteiger partial charge in [0.15, 0.2) is 0 Å². The summed E-state index contributed by atoms with van der Waals surface area (Å²) in [5.74, 6) is -0.782. The van der Waals surface area contributed by atoms with Gasteiger partial charge in [-0.3, -0.25) is 9.59 Å². The summed E-state index contributed by atoms with van der Waals surface area (Å²) in [6.07, 6.45) is -0.275. The molecule has 0 aliphatic rings. The molecule has 25 heavy (non-hydrogen) atoms. The van der Waals surface area contributed by atoms with Gasteiger partial charge in [0.05, 0.1) is 20.1 Å². The zero-order valence-corrected chi connectivity index (χ0v) is 15.9. The second-order valence-corrected chi connectivity index (χ2v) is 6.86. The Bertz CT molecular complexity index is 731. The maximum absolute atomic E-state index is 11.8. The van der Waals surface area contributed by atoms with Crippen molar-refractivity contribution in [2.45, 2.75) is 19.5 Å². The molecule has 4 nitrogen and oxygen atoms in total. The van der Waals surface area contributed by atoms with Crippen LogP contribution in [0.2, 0.25) is 20.1 Å². The Morgan fingerprint density at radius 1 is 0.680 bits per heavy atom. The highest BCUT2D eigenvalue weighted by Gasteiger charge is 2.10. The largest absolute Gasteiger partial charge is 0.352 e. The van der Waals surface area contributed by atoms with Crippen molar-refractivity contribution >= 4 is 58.2 Å². The molecule has 0 fully saturated rings. The molecular formula is C17H14Cl4N2O2. The van der Waals surface area contributed by atoms with Crippen molar-refractivity contribution in [2.24, 2.45) is 0 Å². The van der Waals surface area contributed by atoms with Crippen molar-refractivity contribution in [3.05, 3.63) is 67.6 Å². The molecule has 0 radical (unpaired) electrons. The van der Waals surface area contributed by atoms with E-state index in [1.54, 1.807) is 36.4 Å². The average molecular weight is 420 g/mol. The Morgan fingerprint density at radius 2 is 1.08 bits per heavy atom. The minimum Gasteiger partial charge on any atom is -0.352 e. The van der Waals surface area contributed by atoms with Gasteiger partial charge in [0.1, 0.15) is 6.42 Å². The Morgan fingerprint density at radius 3 is 1.44 bits per heavy atom. The summed E-state index contributed by atoms with van der Waals surface area (Å²) >= 11 is 23.5. The first-order chi connectivity index (χ1) is 11.8. The van der Waals surface area contributed by atoms with E-state index in [1.807, 2.05) is 0 Å². The topological polar surface area (TPSA) is 58.2 Å². The maximum Gasteiger partial charge on any atom is 0.229 e. The van der Waals surface area contributed by atoms with Gasteiger partial charge in [-0.15, -0.1) is 0 Å². The van der Waals surface area contributed by atoms with Crippen molar-refractivity contribution in [3.8, 4) is 0 Å². The third-order valence-electron chi connectivity index (χ3n) is 3.27. The van der Waals surface area contributed by atoms with E-state index in [4.69, 9.17) is 46.4 Å². The summed E-state index contributed by atoms with van der Waals surface area (Å²) in [6, 6.07) is 10.1. The van der Waals surface area contributed by atoms with Gasteiger partial charge in [-0.2, -0.15) is 0 Å². The number of halogens is 4. The molecule has 0 aliphatic heterocycles. The normalized spacial score (nSPS) is 10.4. The molecule has 132 valence electrons. The first-order valence-electron chi connectivity index (χ1n) is 7.26. The van der Waals surface area contributed by atoms with Crippen LogP contribution in [0.4, 0.5) is 0 Å². The summed E-state index contributed by atoms with van der Waals surface area (Å²) in [7, 11) is 0. The molecule has 0 aromatic heterocycles. The summed E-state index contributed by atoms with van der Waals surface area (Å²) in [6.45, 7) is 0.519. The van der Waals surface area contributed by atoms with E-state index in [9.17, 15) is 9.59 Å². The minimum atomic E-state index is -0.391. The van der Waals surface area contributed by atoms with E-state index < -0.39 is 11.8 Å². The number of hydrogen-bond acceptors (Lipinski definition) is 2. The molecular weight excluding hydrogens is 406 g/mol. The lowest BCUT2D eigenvalue weighted by molar-refractivity contribution is -0.129. The van der Waals surface area contributed by atoms with Gasteiger partial charge in [-0.25, -0.2) is 0 Å². The lowest BCUT2D eigenvalue weighted by atomic mass is 10.2. The zero-order valence-electron chi connectivity index (χ0n) is 12.9. The van der Waals surface area contributed by atoms with Crippen LogP contribution in [-0.4, -0.2) is 11.8 Å². The standard InChI is InChI=1S/C17H14Cl4N2O2/c18-12-3-1-10(5-14(12)20)8-22-16(24)7-17(25)23-9-11-2-4-13(19)15(21)6-11/h1-6H,7-9H2,(H,22,24)(H,23,25). The highest BCUT2D eigenvalue weighted by molar-refractivity contribution is 6.42. The number of carbonyl (C=O) groups is 2. The zero-order chi connectivity index (χ0) is 18.4. The second kappa shape index (κ2) is 9.30. The van der Waals surface area contributed by atoms with Crippen LogP contribution in [0.25, 0.3) is 0 Å². The van der Waals surface area contributed by atoms with Crippen LogP contribution < -0.4 is 10.6 Å². The number of hydrogen-bond donors (Lipinski definition) is 2. The third kappa shape index (κ3) is 6.40. The summed E-state index contributed by atoms with van der Waals surface area (Å²) < 4.78 is 0. The van der Waals surface area contributed by atoms with Crippen molar-refractivity contribution in [2.75, 3.05) is 0 Å². The Labute approximate surface area is 165 Å². The van der Waals surface area contributed by atoms with Gasteiger partial charge in [-0.05, 0) is 35.4 Å². The van der Waals surface area contributed by atoms with E-state index in [2.05, 4.69) is 10.6 Å². The molecule has 0 bridgehead atoms. The molecule has 0 spiro atoms. The molecule has 2 aromatic rings. The van der Waals surface area contributed by atoms with Crippen molar-refractivity contribution < 1.29 is 9.59 Å². The fourth-order valence-electron chi connectivity index (χ4n) is 1.97. The van der Waals surface area contributed by atoms with Crippen LogP contribution in [-0.2, 0) is 22.7 Å². The van der Waals surface area contributed by atoms with E-state index in [0.717, 1.165) is 11.1 Å². The van der Waals surface area contributed by atoms with Gasteiger partial charge < -0.3 is 10.6 Å². The maximum atomic E-state index is 11.8. The first-order valence-corrected chi connectivity index (χ1v) is 8.77. The summed E-state index contributed by atoms with van der Waals surface area (Å²) in [5.41, 5.74) is 1.58. The van der Waals surface area contributed by atoms with Crippen LogP contribution in [0.15, 0.2) is 36.4 Å². The quantitative estimate of drug-likeness (QED) is 0.671. The molecule has 0 saturated heterocycles. The van der Waals surface area contributed by atoms with Crippen molar-refractivity contribution in [1.82, 2.24) is 10.6 Å². The van der Waals surface area contributed by atoms with E-state index in [0.29, 0.717) is 20.1 Å². The molecule has 0 unspecified atom stereocenters. The lowest BCUT2D eigenvalue weighted by Gasteiger charge is -2.08. The van der Waals surface area contributed by atoms with Crippen molar-refractivity contribution in [1.29, 1.82) is 0 Å². The van der Waals surface area contributed by atoms with Gasteiger partial charge >= 0.3 is 0 Å². The minimum absolute atomic E-state index is 0.260. The Kier molecular flexibility index (Phi) is 7.38. The van der Waals surface area contributed by atoms with Crippen LogP contribution in [0.1, 0.15) is 17.5 Å². The van der Waals surface area contributed by atoms with E-state index in [-0.39, 0.29) is 19.5 Å². The fraction of sp³-hybridized carbons (Fsp3) is 0.176. The monoisotopic (exact) mass is 418 g/mol. The second-order valence-electron chi connectivity index (χ2n) is 5.23. The smallest absolute Gasteiger partial charge is 0.229 e. The summed E-state index contributed by atoms with van der Waals surface area (Å²) in [5, 5.41) is 7.01. The van der Waals surface area contributed by atoms with Crippen LogP contribution in [0, 0.1) is 0 Å². The van der Waals surface area contributed by atoms with Gasteiger partial charge in [0.25, 0.3) is 0 Å². The first kappa shape index (κ1) is 19.9. The highest BCUT2D eigenvalue weighted by atomic mass is 35.5. The molecule has 8 heteroatoms. The van der Waals surface area contributed by atoms with Gasteiger partial charge in [0.2, 0.25) is 11.8 Å². The van der Waals surface area contributed by atoms with Crippen LogP contribution in [0.3, 0.4) is 0 Å². The predicted octanol–water partition coefficient (Wildman–Crippen LogP) is 4.62. The van der Waals surface area contributed by atoms with Gasteiger partial charge in [0, 0.05) is 13.1 Å². The molecule has 0 atom stereocenters. The molecule has 2 rings (SSSR count). The molecule has 0 heterocycles. The van der Waals surface area contributed by atoms with Crippen LogP contribution in [0.5, 0.6) is 0 Å².